The van der Waals surface area contributed by atoms with Gasteiger partial charge < -0.3 is 23.7 Å². The Morgan fingerprint density at radius 3 is 2.28 bits per heavy atom. The van der Waals surface area contributed by atoms with Gasteiger partial charge in [-0.1, -0.05) is 12.1 Å². The Balaban J connectivity index is 1.92. The second-order valence-electron chi connectivity index (χ2n) is 7.30. The van der Waals surface area contributed by atoms with Crippen LogP contribution in [0.2, 0.25) is 0 Å². The van der Waals surface area contributed by atoms with Crippen LogP contribution in [0.3, 0.4) is 0 Å². The van der Waals surface area contributed by atoms with Crippen molar-refractivity contribution in [3.63, 3.8) is 0 Å². The van der Waals surface area contributed by atoms with E-state index in [1.54, 1.807) is 37.0 Å². The van der Waals surface area contributed by atoms with Crippen LogP contribution < -0.4 is 15.2 Å². The number of methoxy groups -OCH3 is 3. The van der Waals surface area contributed by atoms with Crippen molar-refractivity contribution in [2.75, 3.05) is 46.0 Å². The van der Waals surface area contributed by atoms with Crippen LogP contribution in [0, 0.1) is 6.92 Å². The number of ether oxygens (including phenoxy) is 3. The number of aromatic nitrogens is 1. The number of rotatable bonds is 8. The van der Waals surface area contributed by atoms with Crippen molar-refractivity contribution >= 4 is 11.6 Å². The summed E-state index contributed by atoms with van der Waals surface area (Å²) in [5.74, 6) is 0.771. The molecule has 1 saturated heterocycles. The van der Waals surface area contributed by atoms with E-state index in [9.17, 15) is 9.59 Å². The summed E-state index contributed by atoms with van der Waals surface area (Å²) in [6, 6.07) is 9.34. The summed E-state index contributed by atoms with van der Waals surface area (Å²) >= 11 is 0. The minimum Gasteiger partial charge on any atom is -0.497 e. The number of amides is 1. The third-order valence-corrected chi connectivity index (χ3v) is 5.39. The van der Waals surface area contributed by atoms with E-state index in [-0.39, 0.29) is 23.4 Å². The molecule has 1 atom stereocenters. The number of pyridine rings is 1. The highest BCUT2D eigenvalue weighted by Crippen LogP contribution is 2.32. The molecule has 0 radical (unpaired) electrons. The summed E-state index contributed by atoms with van der Waals surface area (Å²) in [5, 5.41) is 0. The van der Waals surface area contributed by atoms with Crippen LogP contribution >= 0.6 is 0 Å². The van der Waals surface area contributed by atoms with Gasteiger partial charge in [-0.2, -0.15) is 0 Å². The van der Waals surface area contributed by atoms with Gasteiger partial charge in [-0.15, -0.1) is 0 Å². The van der Waals surface area contributed by atoms with Gasteiger partial charge in [0.25, 0.3) is 5.56 Å². The minimum atomic E-state index is -0.257. The minimum absolute atomic E-state index is 0.0367. The van der Waals surface area contributed by atoms with Crippen LogP contribution in [0.5, 0.6) is 5.75 Å². The number of carbonyl (C=O) groups excluding carboxylic acids is 1. The van der Waals surface area contributed by atoms with Crippen LogP contribution in [0.25, 0.3) is 0 Å². The maximum Gasteiger partial charge on any atom is 0.275 e. The molecule has 0 bridgehead atoms. The molecular weight excluding hydrogens is 372 g/mol. The van der Waals surface area contributed by atoms with E-state index in [1.165, 1.54) is 0 Å². The standard InChI is InChI=1S/C22H28N2O5/c1-15-9-10-23(18(13-27-2)14-28-3)22(26)21(15)24-12-17(11-20(24)25)16-5-7-19(29-4)8-6-16/h5-10,17-18H,11-14H2,1-4H3/t17-/m0/s1. The lowest BCUT2D eigenvalue weighted by molar-refractivity contribution is -0.117. The van der Waals surface area contributed by atoms with Crippen molar-refractivity contribution in [3.8, 4) is 5.75 Å². The molecule has 7 nitrogen and oxygen atoms in total. The molecule has 0 unspecified atom stereocenters. The first-order valence-corrected chi connectivity index (χ1v) is 9.64. The van der Waals surface area contributed by atoms with Gasteiger partial charge in [0.2, 0.25) is 5.91 Å². The van der Waals surface area contributed by atoms with Gasteiger partial charge in [-0.3, -0.25) is 9.59 Å². The first-order valence-electron chi connectivity index (χ1n) is 9.64. The average Bonchev–Trinajstić information content (AvgIpc) is 3.09. The highest BCUT2D eigenvalue weighted by Gasteiger charge is 2.34. The van der Waals surface area contributed by atoms with Gasteiger partial charge in [0, 0.05) is 39.3 Å². The van der Waals surface area contributed by atoms with E-state index in [1.807, 2.05) is 37.3 Å². The lowest BCUT2D eigenvalue weighted by Crippen LogP contribution is -2.37. The molecule has 0 aliphatic carbocycles. The Morgan fingerprint density at radius 2 is 1.69 bits per heavy atom. The second kappa shape index (κ2) is 9.24. The van der Waals surface area contributed by atoms with Gasteiger partial charge in [0.1, 0.15) is 11.4 Å². The number of aryl methyl sites for hydroxylation is 1. The molecule has 1 aromatic heterocycles. The molecule has 2 aromatic rings. The quantitative estimate of drug-likeness (QED) is 0.681. The Bertz CT molecular complexity index is 900. The predicted octanol–water partition coefficient (Wildman–Crippen LogP) is 2.52. The molecule has 1 fully saturated rings. The van der Waals surface area contributed by atoms with Crippen LogP contribution in [-0.2, 0) is 14.3 Å². The van der Waals surface area contributed by atoms with Gasteiger partial charge in [-0.25, -0.2) is 0 Å². The fourth-order valence-corrected chi connectivity index (χ4v) is 3.86. The van der Waals surface area contributed by atoms with Crippen LogP contribution in [-0.4, -0.2) is 51.6 Å². The zero-order valence-corrected chi connectivity index (χ0v) is 17.4. The maximum absolute atomic E-state index is 13.3. The highest BCUT2D eigenvalue weighted by atomic mass is 16.5. The monoisotopic (exact) mass is 400 g/mol. The number of anilines is 1. The fraction of sp³-hybridized carbons (Fsp3) is 0.455. The molecule has 3 rings (SSSR count). The Morgan fingerprint density at radius 1 is 1.03 bits per heavy atom. The van der Waals surface area contributed by atoms with Crippen LogP contribution in [0.4, 0.5) is 5.69 Å². The molecule has 2 heterocycles. The lowest BCUT2D eigenvalue weighted by atomic mass is 9.98. The molecule has 1 aromatic carbocycles. The molecule has 0 saturated carbocycles. The Labute approximate surface area is 170 Å². The third-order valence-electron chi connectivity index (χ3n) is 5.39. The maximum atomic E-state index is 13.3. The topological polar surface area (TPSA) is 70.0 Å². The number of nitrogens with zero attached hydrogens (tertiary/aromatic N) is 2. The Kier molecular flexibility index (Phi) is 6.71. The van der Waals surface area contributed by atoms with Gasteiger partial charge in [0.15, 0.2) is 0 Å². The normalized spacial score (nSPS) is 16.7. The van der Waals surface area contributed by atoms with E-state index < -0.39 is 0 Å². The van der Waals surface area contributed by atoms with Crippen molar-refractivity contribution in [2.24, 2.45) is 0 Å². The predicted molar refractivity (Wildman–Crippen MR) is 111 cm³/mol. The summed E-state index contributed by atoms with van der Waals surface area (Å²) in [4.78, 5) is 27.7. The number of carbonyl (C=O) groups is 1. The van der Waals surface area contributed by atoms with E-state index in [0.29, 0.717) is 31.9 Å². The number of benzene rings is 1. The summed E-state index contributed by atoms with van der Waals surface area (Å²) in [6.45, 7) is 3.03. The van der Waals surface area contributed by atoms with Gasteiger partial charge in [-0.05, 0) is 36.2 Å². The summed E-state index contributed by atoms with van der Waals surface area (Å²) in [7, 11) is 4.80. The zero-order valence-electron chi connectivity index (χ0n) is 17.4. The highest BCUT2D eigenvalue weighted by molar-refractivity contribution is 5.97. The molecule has 7 heteroatoms. The molecular formula is C22H28N2O5. The van der Waals surface area contributed by atoms with E-state index in [4.69, 9.17) is 14.2 Å². The lowest BCUT2D eigenvalue weighted by Gasteiger charge is -2.23. The summed E-state index contributed by atoms with van der Waals surface area (Å²) < 4.78 is 17.3. The van der Waals surface area contributed by atoms with Crippen molar-refractivity contribution in [1.82, 2.24) is 4.57 Å². The summed E-state index contributed by atoms with van der Waals surface area (Å²) in [6.07, 6.45) is 2.12. The smallest absolute Gasteiger partial charge is 0.275 e. The third kappa shape index (κ3) is 4.36. The SMILES string of the molecule is COCC(COC)n1ccc(C)c(N2C[C@@H](c3ccc(OC)cc3)CC2=O)c1=O. The molecule has 1 amide bonds. The fourth-order valence-electron chi connectivity index (χ4n) is 3.86. The number of hydrogen-bond donors (Lipinski definition) is 0. The van der Waals surface area contributed by atoms with Crippen molar-refractivity contribution in [1.29, 1.82) is 0 Å². The molecule has 1 aliphatic heterocycles. The molecule has 1 aliphatic rings. The van der Waals surface area contributed by atoms with Crippen molar-refractivity contribution in [3.05, 3.63) is 58.0 Å². The zero-order chi connectivity index (χ0) is 21.0. The van der Waals surface area contributed by atoms with E-state index >= 15 is 0 Å². The van der Waals surface area contributed by atoms with Crippen molar-refractivity contribution < 1.29 is 19.0 Å². The number of hydrogen-bond acceptors (Lipinski definition) is 5. The average molecular weight is 400 g/mol. The van der Waals surface area contributed by atoms with Gasteiger partial charge >= 0.3 is 0 Å². The molecule has 0 N–H and O–H groups in total. The second-order valence-corrected chi connectivity index (χ2v) is 7.30. The Hall–Kier alpha value is -2.64. The molecule has 29 heavy (non-hydrogen) atoms. The first kappa shape index (κ1) is 21.1. The summed E-state index contributed by atoms with van der Waals surface area (Å²) in [5.41, 5.74) is 2.08. The van der Waals surface area contributed by atoms with E-state index in [2.05, 4.69) is 0 Å². The molecule has 156 valence electrons. The first-order chi connectivity index (χ1) is 14.0. The molecule has 0 spiro atoms. The van der Waals surface area contributed by atoms with Crippen molar-refractivity contribution in [2.45, 2.75) is 25.3 Å². The van der Waals surface area contributed by atoms with Crippen LogP contribution in [0.15, 0.2) is 41.3 Å². The van der Waals surface area contributed by atoms with Gasteiger partial charge in [0.05, 0.1) is 26.4 Å². The largest absolute Gasteiger partial charge is 0.497 e. The van der Waals surface area contributed by atoms with Crippen LogP contribution in [0.1, 0.15) is 29.5 Å². The van der Waals surface area contributed by atoms with E-state index in [0.717, 1.165) is 16.9 Å².